The monoisotopic (exact) mass is 409 g/mol. The summed E-state index contributed by atoms with van der Waals surface area (Å²) < 4.78 is 33.4. The number of aromatic nitrogens is 2. The summed E-state index contributed by atoms with van der Waals surface area (Å²) in [5.74, 6) is 0.468. The number of hydrogen-bond acceptors (Lipinski definition) is 6. The Labute approximate surface area is 160 Å². The van der Waals surface area contributed by atoms with E-state index in [9.17, 15) is 8.42 Å². The Morgan fingerprint density at radius 1 is 1.12 bits per heavy atom. The Morgan fingerprint density at radius 3 is 2.54 bits per heavy atom. The molecule has 0 saturated carbocycles. The average molecular weight is 410 g/mol. The molecular weight excluding hydrogens is 394 g/mol. The van der Waals surface area contributed by atoms with Crippen LogP contribution in [-0.4, -0.2) is 41.9 Å². The van der Waals surface area contributed by atoms with Gasteiger partial charge in [-0.3, -0.25) is 0 Å². The minimum Gasteiger partial charge on any atom is -0.473 e. The molecule has 0 amide bonds. The van der Waals surface area contributed by atoms with Crippen molar-refractivity contribution in [2.75, 3.05) is 13.1 Å². The summed E-state index contributed by atoms with van der Waals surface area (Å²) in [4.78, 5) is 8.80. The number of rotatable bonds is 4. The maximum absolute atomic E-state index is 12.6. The highest BCUT2D eigenvalue weighted by Crippen LogP contribution is 2.30. The van der Waals surface area contributed by atoms with Gasteiger partial charge in [0.25, 0.3) is 10.0 Å². The Balaban J connectivity index is 1.41. The number of hydrogen-bond donors (Lipinski definition) is 0. The highest BCUT2D eigenvalue weighted by Gasteiger charge is 2.31. The van der Waals surface area contributed by atoms with Gasteiger partial charge in [-0.2, -0.15) is 4.31 Å². The quantitative estimate of drug-likeness (QED) is 0.658. The fraction of sp³-hybridized carbons (Fsp3) is 0.294. The van der Waals surface area contributed by atoms with E-state index in [1.807, 2.05) is 24.3 Å². The van der Waals surface area contributed by atoms with Crippen LogP contribution in [0.15, 0.2) is 46.8 Å². The number of benzene rings is 1. The zero-order valence-corrected chi connectivity index (χ0v) is 16.1. The summed E-state index contributed by atoms with van der Waals surface area (Å²) in [6.07, 6.45) is 2.74. The zero-order valence-electron chi connectivity index (χ0n) is 13.7. The Bertz CT molecular complexity index is 1030. The number of para-hydroxylation sites is 2. The molecule has 9 heteroatoms. The van der Waals surface area contributed by atoms with E-state index in [4.69, 9.17) is 16.3 Å². The molecule has 0 bridgehead atoms. The van der Waals surface area contributed by atoms with Crippen molar-refractivity contribution in [2.45, 2.75) is 23.2 Å². The predicted octanol–water partition coefficient (Wildman–Crippen LogP) is 3.58. The fourth-order valence-electron chi connectivity index (χ4n) is 2.92. The van der Waals surface area contributed by atoms with E-state index in [1.165, 1.54) is 4.31 Å². The molecular formula is C17H16ClN3O3S2. The number of piperidine rings is 1. The molecule has 4 rings (SSSR count). The normalized spacial score (nSPS) is 16.8. The van der Waals surface area contributed by atoms with Gasteiger partial charge in [0, 0.05) is 13.1 Å². The van der Waals surface area contributed by atoms with Crippen LogP contribution in [-0.2, 0) is 10.0 Å². The third-order valence-electron chi connectivity index (χ3n) is 4.26. The Kier molecular flexibility index (Phi) is 4.83. The lowest BCUT2D eigenvalue weighted by molar-refractivity contribution is 0.130. The number of ether oxygens (including phenoxy) is 1. The van der Waals surface area contributed by atoms with E-state index in [2.05, 4.69) is 9.97 Å². The average Bonchev–Trinajstić information content (AvgIpc) is 3.09. The molecule has 6 nitrogen and oxygen atoms in total. The van der Waals surface area contributed by atoms with Crippen molar-refractivity contribution in [2.24, 2.45) is 0 Å². The first-order valence-electron chi connectivity index (χ1n) is 8.16. The maximum Gasteiger partial charge on any atom is 0.252 e. The highest BCUT2D eigenvalue weighted by atomic mass is 35.5. The van der Waals surface area contributed by atoms with Gasteiger partial charge in [-0.15, -0.1) is 11.3 Å². The molecule has 0 radical (unpaired) electrons. The molecule has 1 fully saturated rings. The number of fused-ring (bicyclic) bond motifs is 1. The second kappa shape index (κ2) is 7.11. The third-order valence-corrected chi connectivity index (χ3v) is 7.85. The summed E-state index contributed by atoms with van der Waals surface area (Å²) >= 11 is 6.94. The first-order valence-corrected chi connectivity index (χ1v) is 10.8. The predicted molar refractivity (Wildman–Crippen MR) is 101 cm³/mol. The molecule has 1 aliphatic heterocycles. The second-order valence-corrected chi connectivity index (χ2v) is 9.86. The standard InChI is InChI=1S/C17H16ClN3O3S2/c18-15-5-6-17(25-15)26(22,23)21-9-7-12(8-10-21)24-16-11-19-13-3-1-2-4-14(13)20-16/h1-6,11-12H,7-10H2. The minimum absolute atomic E-state index is 0.0798. The lowest BCUT2D eigenvalue weighted by Crippen LogP contribution is -2.41. The molecule has 0 unspecified atom stereocenters. The fourth-order valence-corrected chi connectivity index (χ4v) is 6.03. The molecule has 3 heterocycles. The zero-order chi connectivity index (χ0) is 18.1. The number of nitrogens with zero attached hydrogens (tertiary/aromatic N) is 3. The van der Waals surface area contributed by atoms with Gasteiger partial charge in [0.05, 0.1) is 21.6 Å². The molecule has 0 spiro atoms. The molecule has 0 atom stereocenters. The molecule has 1 saturated heterocycles. The minimum atomic E-state index is -3.48. The van der Waals surface area contributed by atoms with Crippen LogP contribution < -0.4 is 4.74 Å². The van der Waals surface area contributed by atoms with Crippen molar-refractivity contribution in [1.82, 2.24) is 14.3 Å². The second-order valence-electron chi connectivity index (χ2n) is 5.98. The molecule has 2 aromatic heterocycles. The molecule has 0 aliphatic carbocycles. The summed E-state index contributed by atoms with van der Waals surface area (Å²) in [5, 5.41) is 0. The van der Waals surface area contributed by atoms with Crippen molar-refractivity contribution in [3.63, 3.8) is 0 Å². The van der Waals surface area contributed by atoms with Crippen LogP contribution in [0.1, 0.15) is 12.8 Å². The lowest BCUT2D eigenvalue weighted by Gasteiger charge is -2.30. The largest absolute Gasteiger partial charge is 0.473 e. The first kappa shape index (κ1) is 17.7. The van der Waals surface area contributed by atoms with Gasteiger partial charge < -0.3 is 4.74 Å². The van der Waals surface area contributed by atoms with E-state index in [1.54, 1.807) is 18.3 Å². The van der Waals surface area contributed by atoms with E-state index < -0.39 is 10.0 Å². The van der Waals surface area contributed by atoms with Gasteiger partial charge in [0.1, 0.15) is 10.3 Å². The van der Waals surface area contributed by atoms with Crippen molar-refractivity contribution in [1.29, 1.82) is 0 Å². The van der Waals surface area contributed by atoms with Crippen molar-refractivity contribution < 1.29 is 13.2 Å². The summed E-state index contributed by atoms with van der Waals surface area (Å²) in [6, 6.07) is 10.8. The summed E-state index contributed by atoms with van der Waals surface area (Å²) in [6.45, 7) is 0.813. The SMILES string of the molecule is O=S(=O)(c1ccc(Cl)s1)N1CCC(Oc2cnc3ccccc3n2)CC1. The maximum atomic E-state index is 12.6. The van der Waals surface area contributed by atoms with E-state index in [-0.39, 0.29) is 10.3 Å². The van der Waals surface area contributed by atoms with Crippen molar-refractivity contribution >= 4 is 44.0 Å². The topological polar surface area (TPSA) is 72.4 Å². The Morgan fingerprint density at radius 2 is 1.85 bits per heavy atom. The Hall–Kier alpha value is -1.74. The van der Waals surface area contributed by atoms with Gasteiger partial charge in [0.15, 0.2) is 0 Å². The van der Waals surface area contributed by atoms with Crippen LogP contribution in [0, 0.1) is 0 Å². The summed E-state index contributed by atoms with van der Waals surface area (Å²) in [7, 11) is -3.48. The van der Waals surface area contributed by atoms with E-state index in [0.29, 0.717) is 36.1 Å². The van der Waals surface area contributed by atoms with Crippen LogP contribution in [0.4, 0.5) is 0 Å². The number of thiophene rings is 1. The molecule has 3 aromatic rings. The van der Waals surface area contributed by atoms with Crippen LogP contribution in [0.2, 0.25) is 4.34 Å². The molecule has 1 aromatic carbocycles. The van der Waals surface area contributed by atoms with Gasteiger partial charge >= 0.3 is 0 Å². The highest BCUT2D eigenvalue weighted by molar-refractivity contribution is 7.91. The van der Waals surface area contributed by atoms with E-state index >= 15 is 0 Å². The van der Waals surface area contributed by atoms with Crippen molar-refractivity contribution in [3.8, 4) is 5.88 Å². The van der Waals surface area contributed by atoms with Crippen LogP contribution in [0.5, 0.6) is 5.88 Å². The molecule has 26 heavy (non-hydrogen) atoms. The van der Waals surface area contributed by atoms with Gasteiger partial charge in [-0.05, 0) is 37.1 Å². The van der Waals surface area contributed by atoms with E-state index in [0.717, 1.165) is 22.4 Å². The molecule has 136 valence electrons. The van der Waals surface area contributed by atoms with Crippen LogP contribution in [0.3, 0.4) is 0 Å². The molecule has 1 aliphatic rings. The van der Waals surface area contributed by atoms with Crippen LogP contribution in [0.25, 0.3) is 11.0 Å². The van der Waals surface area contributed by atoms with Gasteiger partial charge in [-0.1, -0.05) is 23.7 Å². The summed E-state index contributed by atoms with van der Waals surface area (Å²) in [5.41, 5.74) is 1.59. The van der Waals surface area contributed by atoms with Gasteiger partial charge in [-0.25, -0.2) is 18.4 Å². The number of halogens is 1. The first-order chi connectivity index (χ1) is 12.5. The van der Waals surface area contributed by atoms with Crippen molar-refractivity contribution in [3.05, 3.63) is 46.9 Å². The number of sulfonamides is 1. The smallest absolute Gasteiger partial charge is 0.252 e. The van der Waals surface area contributed by atoms with Gasteiger partial charge in [0.2, 0.25) is 5.88 Å². The van der Waals surface area contributed by atoms with Crippen LogP contribution >= 0.6 is 22.9 Å². The lowest BCUT2D eigenvalue weighted by atomic mass is 10.1. The third kappa shape index (κ3) is 3.55. The molecule has 0 N–H and O–H groups in total.